The number of aryl methyl sites for hydroxylation is 1. The van der Waals surface area contributed by atoms with Crippen molar-refractivity contribution in [2.24, 2.45) is 0 Å². The molecule has 1 aliphatic rings. The quantitative estimate of drug-likeness (QED) is 0.534. The molecule has 0 unspecified atom stereocenters. The van der Waals surface area contributed by atoms with Crippen LogP contribution in [0.5, 0.6) is 0 Å². The molecule has 0 fully saturated rings. The van der Waals surface area contributed by atoms with Crippen molar-refractivity contribution in [3.63, 3.8) is 0 Å². The molecule has 0 aliphatic carbocycles. The molecular weight excluding hydrogens is 308 g/mol. The summed E-state index contributed by atoms with van der Waals surface area (Å²) in [7, 11) is 0. The molecule has 126 valence electrons. The Labute approximate surface area is 147 Å². The van der Waals surface area contributed by atoms with Gasteiger partial charge in [0.2, 0.25) is 0 Å². The molecule has 2 aromatic carbocycles. The fourth-order valence-corrected chi connectivity index (χ4v) is 4.08. The molecule has 0 atom stereocenters. The van der Waals surface area contributed by atoms with Gasteiger partial charge in [-0.05, 0) is 30.0 Å². The highest BCUT2D eigenvalue weighted by Crippen LogP contribution is 2.30. The highest BCUT2D eigenvalue weighted by atomic mass is 16.3. The van der Waals surface area contributed by atoms with Gasteiger partial charge < -0.3 is 8.98 Å². The van der Waals surface area contributed by atoms with Crippen LogP contribution in [0.2, 0.25) is 0 Å². The Balaban J connectivity index is 1.27. The molecular formula is C22H22N2O. The van der Waals surface area contributed by atoms with Crippen LogP contribution in [0.15, 0.2) is 65.2 Å². The minimum atomic E-state index is 1.01. The van der Waals surface area contributed by atoms with E-state index in [1.807, 2.05) is 0 Å². The number of aromatic nitrogens is 1. The van der Waals surface area contributed by atoms with Crippen molar-refractivity contribution >= 4 is 21.9 Å². The van der Waals surface area contributed by atoms with E-state index in [0.717, 1.165) is 38.2 Å². The molecule has 5 rings (SSSR count). The van der Waals surface area contributed by atoms with E-state index in [0.29, 0.717) is 0 Å². The molecule has 0 radical (unpaired) electrons. The minimum absolute atomic E-state index is 1.01. The lowest BCUT2D eigenvalue weighted by Gasteiger charge is -2.26. The summed E-state index contributed by atoms with van der Waals surface area (Å²) in [6, 6.07) is 19.2. The lowest BCUT2D eigenvalue weighted by molar-refractivity contribution is 0.237. The normalized spacial score (nSPS) is 15.0. The van der Waals surface area contributed by atoms with E-state index < -0.39 is 0 Å². The fourth-order valence-electron chi connectivity index (χ4n) is 4.08. The zero-order valence-corrected chi connectivity index (χ0v) is 14.3. The molecule has 3 heteroatoms. The van der Waals surface area contributed by atoms with E-state index in [2.05, 4.69) is 70.3 Å². The number of nitrogens with zero attached hydrogens (tertiary/aromatic N) is 2. The van der Waals surface area contributed by atoms with E-state index in [4.69, 9.17) is 4.42 Å². The Hall–Kier alpha value is -2.52. The lowest BCUT2D eigenvalue weighted by atomic mass is 10.0. The maximum Gasteiger partial charge on any atom is 0.134 e. The third kappa shape index (κ3) is 2.65. The summed E-state index contributed by atoms with van der Waals surface area (Å²) in [6.07, 6.45) is 4.41. The standard InChI is InChI=1S/C22H22N2O/c1-3-8-20-17(6-1)10-15-24(20)13-5-12-23-14-11-22-19(16-23)18-7-2-4-9-21(18)25-22/h1-4,6-10,15H,5,11-14,16H2. The van der Waals surface area contributed by atoms with E-state index in [-0.39, 0.29) is 0 Å². The molecule has 0 saturated heterocycles. The summed E-state index contributed by atoms with van der Waals surface area (Å²) >= 11 is 0. The minimum Gasteiger partial charge on any atom is -0.461 e. The van der Waals surface area contributed by atoms with Gasteiger partial charge in [-0.2, -0.15) is 0 Å². The van der Waals surface area contributed by atoms with Crippen LogP contribution in [0.1, 0.15) is 17.7 Å². The van der Waals surface area contributed by atoms with Gasteiger partial charge in [0.25, 0.3) is 0 Å². The number of para-hydroxylation sites is 2. The Kier molecular flexibility index (Phi) is 3.60. The van der Waals surface area contributed by atoms with Crippen LogP contribution in [0.3, 0.4) is 0 Å². The molecule has 25 heavy (non-hydrogen) atoms. The highest BCUT2D eigenvalue weighted by molar-refractivity contribution is 5.82. The number of hydrogen-bond acceptors (Lipinski definition) is 2. The van der Waals surface area contributed by atoms with Gasteiger partial charge >= 0.3 is 0 Å². The number of benzene rings is 2. The van der Waals surface area contributed by atoms with Crippen LogP contribution in [0, 0.1) is 0 Å². The molecule has 0 N–H and O–H groups in total. The topological polar surface area (TPSA) is 21.3 Å². The first kappa shape index (κ1) is 14.8. The summed E-state index contributed by atoms with van der Waals surface area (Å²) in [4.78, 5) is 2.57. The van der Waals surface area contributed by atoms with Crippen molar-refractivity contribution < 1.29 is 4.42 Å². The monoisotopic (exact) mass is 330 g/mol. The first-order valence-corrected chi connectivity index (χ1v) is 9.14. The van der Waals surface area contributed by atoms with Crippen LogP contribution in [0.4, 0.5) is 0 Å². The number of hydrogen-bond donors (Lipinski definition) is 0. The van der Waals surface area contributed by atoms with Gasteiger partial charge in [0, 0.05) is 55.3 Å². The van der Waals surface area contributed by atoms with Gasteiger partial charge in [-0.15, -0.1) is 0 Å². The smallest absolute Gasteiger partial charge is 0.134 e. The largest absolute Gasteiger partial charge is 0.461 e. The highest BCUT2D eigenvalue weighted by Gasteiger charge is 2.21. The average molecular weight is 330 g/mol. The summed E-state index contributed by atoms with van der Waals surface area (Å²) in [6.45, 7) is 4.31. The number of rotatable bonds is 4. The Morgan fingerprint density at radius 3 is 2.80 bits per heavy atom. The zero-order chi connectivity index (χ0) is 16.6. The van der Waals surface area contributed by atoms with Crippen molar-refractivity contribution in [3.05, 3.63) is 72.1 Å². The predicted octanol–water partition coefficient (Wildman–Crippen LogP) is 4.84. The van der Waals surface area contributed by atoms with E-state index in [1.54, 1.807) is 0 Å². The molecule has 0 amide bonds. The fraction of sp³-hybridized carbons (Fsp3) is 0.273. The Morgan fingerprint density at radius 1 is 0.920 bits per heavy atom. The maximum atomic E-state index is 6.02. The first-order chi connectivity index (χ1) is 12.4. The third-order valence-corrected chi connectivity index (χ3v) is 5.37. The van der Waals surface area contributed by atoms with Crippen molar-refractivity contribution in [2.75, 3.05) is 13.1 Å². The van der Waals surface area contributed by atoms with Gasteiger partial charge in [-0.25, -0.2) is 0 Å². The summed E-state index contributed by atoms with van der Waals surface area (Å²) in [5.41, 5.74) is 3.77. The van der Waals surface area contributed by atoms with E-state index in [1.165, 1.54) is 34.0 Å². The molecule has 4 aromatic rings. The number of fused-ring (bicyclic) bond motifs is 4. The second-order valence-electron chi connectivity index (χ2n) is 6.95. The van der Waals surface area contributed by atoms with Gasteiger partial charge in [0.15, 0.2) is 0 Å². The van der Waals surface area contributed by atoms with Gasteiger partial charge in [-0.1, -0.05) is 36.4 Å². The molecule has 3 heterocycles. The molecule has 2 aromatic heterocycles. The second-order valence-corrected chi connectivity index (χ2v) is 6.95. The van der Waals surface area contributed by atoms with Crippen molar-refractivity contribution in [3.8, 4) is 0 Å². The molecule has 0 saturated carbocycles. The van der Waals surface area contributed by atoms with Crippen molar-refractivity contribution in [1.29, 1.82) is 0 Å². The van der Waals surface area contributed by atoms with Crippen LogP contribution in [0.25, 0.3) is 21.9 Å². The lowest BCUT2D eigenvalue weighted by Crippen LogP contribution is -2.31. The molecule has 3 nitrogen and oxygen atoms in total. The summed E-state index contributed by atoms with van der Waals surface area (Å²) in [5, 5.41) is 2.62. The first-order valence-electron chi connectivity index (χ1n) is 9.14. The van der Waals surface area contributed by atoms with Gasteiger partial charge in [0.05, 0.1) is 0 Å². The van der Waals surface area contributed by atoms with E-state index in [9.17, 15) is 0 Å². The van der Waals surface area contributed by atoms with Gasteiger partial charge in [0.1, 0.15) is 11.3 Å². The molecule has 0 spiro atoms. The van der Waals surface area contributed by atoms with Gasteiger partial charge in [-0.3, -0.25) is 4.90 Å². The zero-order valence-electron chi connectivity index (χ0n) is 14.3. The van der Waals surface area contributed by atoms with Crippen molar-refractivity contribution in [1.82, 2.24) is 9.47 Å². The third-order valence-electron chi connectivity index (χ3n) is 5.37. The van der Waals surface area contributed by atoms with E-state index >= 15 is 0 Å². The Bertz CT molecular complexity index is 1030. The number of furan rings is 1. The average Bonchev–Trinajstić information content (AvgIpc) is 3.23. The van der Waals surface area contributed by atoms with Crippen LogP contribution >= 0.6 is 0 Å². The second kappa shape index (κ2) is 6.08. The summed E-state index contributed by atoms with van der Waals surface area (Å²) < 4.78 is 8.39. The Morgan fingerprint density at radius 2 is 1.80 bits per heavy atom. The molecule has 1 aliphatic heterocycles. The van der Waals surface area contributed by atoms with Crippen LogP contribution in [-0.2, 0) is 19.5 Å². The predicted molar refractivity (Wildman–Crippen MR) is 102 cm³/mol. The van der Waals surface area contributed by atoms with Crippen molar-refractivity contribution in [2.45, 2.75) is 25.9 Å². The summed E-state index contributed by atoms with van der Waals surface area (Å²) in [5.74, 6) is 1.19. The maximum absolute atomic E-state index is 6.02. The molecule has 0 bridgehead atoms. The van der Waals surface area contributed by atoms with Crippen LogP contribution in [-0.4, -0.2) is 22.6 Å². The SMILES string of the molecule is c1ccc2c(c1)ccn2CCCN1CCc2oc3ccccc3c2C1. The van der Waals surface area contributed by atoms with Crippen LogP contribution < -0.4 is 0 Å².